The average Bonchev–Trinajstić information content (AvgIpc) is 3.16. The summed E-state index contributed by atoms with van der Waals surface area (Å²) in [6.07, 6.45) is 33.4. The minimum Gasteiger partial charge on any atom is -0.494 e. The molecule has 0 bridgehead atoms. The summed E-state index contributed by atoms with van der Waals surface area (Å²) in [4.78, 5) is 0. The molecule has 0 aliphatic rings. The maximum atomic E-state index is 6.33. The fourth-order valence-electron chi connectivity index (χ4n) is 6.18. The van der Waals surface area contributed by atoms with E-state index in [0.29, 0.717) is 26.4 Å². The van der Waals surface area contributed by atoms with Crippen LogP contribution in [0.3, 0.4) is 0 Å². The molecule has 0 unspecified atom stereocenters. The SMILES string of the molecule is CCCCCCCCOC(CCC)=C(COCOCOCC(OCCCCCCCC)=C(CCC)OCCCCCCCC)OCCCCCCCC. The normalized spacial score (nSPS) is 12.5. The van der Waals surface area contributed by atoms with E-state index in [0.717, 1.165) is 87.6 Å². The highest BCUT2D eigenvalue weighted by Gasteiger charge is 2.13. The Bertz CT molecular complexity index is 733. The molecule has 0 aromatic carbocycles. The molecule has 0 fully saturated rings. The monoisotopic (exact) mass is 755 g/mol. The third kappa shape index (κ3) is 34.8. The topological polar surface area (TPSA) is 64.6 Å². The molecule has 0 aliphatic heterocycles. The zero-order valence-corrected chi connectivity index (χ0v) is 36.3. The molecule has 316 valence electrons. The average molecular weight is 755 g/mol. The lowest BCUT2D eigenvalue weighted by Crippen LogP contribution is -2.14. The Hall–Kier alpha value is -1.44. The Kier molecular flexibility index (Phi) is 42.1. The van der Waals surface area contributed by atoms with E-state index in [1.165, 1.54) is 128 Å². The highest BCUT2D eigenvalue weighted by Crippen LogP contribution is 2.20. The van der Waals surface area contributed by atoms with Crippen LogP contribution in [0.2, 0.25) is 0 Å². The van der Waals surface area contributed by atoms with Crippen LogP contribution in [-0.2, 0) is 33.2 Å². The van der Waals surface area contributed by atoms with Crippen molar-refractivity contribution in [2.45, 2.75) is 221 Å². The Morgan fingerprint density at radius 1 is 0.264 bits per heavy atom. The first-order valence-electron chi connectivity index (χ1n) is 22.9. The Morgan fingerprint density at radius 3 is 0.811 bits per heavy atom. The zero-order chi connectivity index (χ0) is 38.7. The van der Waals surface area contributed by atoms with Crippen LogP contribution in [0.25, 0.3) is 0 Å². The largest absolute Gasteiger partial charge is 0.494 e. The number of rotatable bonds is 44. The van der Waals surface area contributed by atoms with E-state index in [9.17, 15) is 0 Å². The molecule has 0 heterocycles. The van der Waals surface area contributed by atoms with Gasteiger partial charge in [-0.15, -0.1) is 0 Å². The van der Waals surface area contributed by atoms with E-state index in [2.05, 4.69) is 41.5 Å². The molecule has 0 saturated heterocycles. The van der Waals surface area contributed by atoms with Crippen LogP contribution in [0, 0.1) is 0 Å². The Balaban J connectivity index is 5.11. The first-order chi connectivity index (χ1) is 26.2. The second-order valence-electron chi connectivity index (χ2n) is 14.8. The molecule has 0 amide bonds. The number of hydrogen-bond donors (Lipinski definition) is 0. The van der Waals surface area contributed by atoms with Crippen molar-refractivity contribution in [3.63, 3.8) is 0 Å². The Morgan fingerprint density at radius 2 is 0.528 bits per heavy atom. The van der Waals surface area contributed by atoms with Gasteiger partial charge in [0.1, 0.15) is 38.3 Å². The van der Waals surface area contributed by atoms with Crippen molar-refractivity contribution in [3.05, 3.63) is 23.0 Å². The summed E-state index contributed by atoms with van der Waals surface area (Å²) in [5, 5.41) is 0. The number of unbranched alkanes of at least 4 members (excludes halogenated alkanes) is 20. The van der Waals surface area contributed by atoms with Crippen molar-refractivity contribution in [3.8, 4) is 0 Å². The summed E-state index contributed by atoms with van der Waals surface area (Å²) in [7, 11) is 0. The van der Waals surface area contributed by atoms with Crippen LogP contribution in [0.15, 0.2) is 23.0 Å². The number of hydrogen-bond acceptors (Lipinski definition) is 7. The van der Waals surface area contributed by atoms with Gasteiger partial charge in [-0.3, -0.25) is 0 Å². The molecule has 0 N–H and O–H groups in total. The van der Waals surface area contributed by atoms with Gasteiger partial charge in [0.25, 0.3) is 0 Å². The predicted molar refractivity (Wildman–Crippen MR) is 224 cm³/mol. The van der Waals surface area contributed by atoms with Crippen LogP contribution in [0.1, 0.15) is 221 Å². The molecule has 0 atom stereocenters. The lowest BCUT2D eigenvalue weighted by Gasteiger charge is -2.18. The highest BCUT2D eigenvalue weighted by atomic mass is 16.7. The minimum atomic E-state index is 0.120. The molecular formula is C46H90O7. The summed E-state index contributed by atoms with van der Waals surface area (Å²) < 4.78 is 43.1. The highest BCUT2D eigenvalue weighted by molar-refractivity contribution is 5.03. The van der Waals surface area contributed by atoms with E-state index in [1.807, 2.05) is 0 Å². The molecule has 53 heavy (non-hydrogen) atoms. The summed E-state index contributed by atoms with van der Waals surface area (Å²) in [6.45, 7) is 17.2. The maximum absolute atomic E-state index is 6.33. The van der Waals surface area contributed by atoms with Gasteiger partial charge in [-0.2, -0.15) is 0 Å². The summed E-state index contributed by atoms with van der Waals surface area (Å²) in [5.74, 6) is 3.50. The summed E-state index contributed by atoms with van der Waals surface area (Å²) in [5.41, 5.74) is 0. The van der Waals surface area contributed by atoms with Gasteiger partial charge in [0.05, 0.1) is 26.4 Å². The van der Waals surface area contributed by atoms with E-state index >= 15 is 0 Å². The fourth-order valence-corrected chi connectivity index (χ4v) is 6.18. The quantitative estimate of drug-likeness (QED) is 0.0348. The summed E-state index contributed by atoms with van der Waals surface area (Å²) in [6, 6.07) is 0. The van der Waals surface area contributed by atoms with Gasteiger partial charge in [-0.1, -0.05) is 170 Å². The van der Waals surface area contributed by atoms with Crippen LogP contribution < -0.4 is 0 Å². The predicted octanol–water partition coefficient (Wildman–Crippen LogP) is 14.5. The fraction of sp³-hybridized carbons (Fsp3) is 0.913. The second-order valence-corrected chi connectivity index (χ2v) is 14.8. The lowest BCUT2D eigenvalue weighted by atomic mass is 10.1. The van der Waals surface area contributed by atoms with Gasteiger partial charge in [0.2, 0.25) is 0 Å². The smallest absolute Gasteiger partial charge is 0.159 e. The summed E-state index contributed by atoms with van der Waals surface area (Å²) >= 11 is 0. The first kappa shape index (κ1) is 51.6. The molecule has 0 aromatic rings. The van der Waals surface area contributed by atoms with Crippen LogP contribution >= 0.6 is 0 Å². The van der Waals surface area contributed by atoms with E-state index in [1.54, 1.807) is 0 Å². The molecule has 0 saturated carbocycles. The van der Waals surface area contributed by atoms with Gasteiger partial charge >= 0.3 is 0 Å². The molecule has 0 spiro atoms. The van der Waals surface area contributed by atoms with Crippen LogP contribution in [0.4, 0.5) is 0 Å². The third-order valence-electron chi connectivity index (χ3n) is 9.47. The molecule has 7 heteroatoms. The van der Waals surface area contributed by atoms with Gasteiger partial charge in [-0.05, 0) is 38.5 Å². The van der Waals surface area contributed by atoms with Crippen molar-refractivity contribution < 1.29 is 33.2 Å². The maximum Gasteiger partial charge on any atom is 0.159 e. The van der Waals surface area contributed by atoms with Gasteiger partial charge in [-0.25, -0.2) is 0 Å². The minimum absolute atomic E-state index is 0.120. The molecule has 0 rings (SSSR count). The van der Waals surface area contributed by atoms with Crippen LogP contribution in [0.5, 0.6) is 0 Å². The van der Waals surface area contributed by atoms with E-state index in [-0.39, 0.29) is 13.6 Å². The van der Waals surface area contributed by atoms with Crippen molar-refractivity contribution in [2.75, 3.05) is 53.2 Å². The van der Waals surface area contributed by atoms with Gasteiger partial charge in [0, 0.05) is 12.8 Å². The van der Waals surface area contributed by atoms with Gasteiger partial charge in [0.15, 0.2) is 11.5 Å². The van der Waals surface area contributed by atoms with E-state index in [4.69, 9.17) is 33.2 Å². The van der Waals surface area contributed by atoms with Crippen molar-refractivity contribution in [2.24, 2.45) is 0 Å². The molecular weight excluding hydrogens is 664 g/mol. The first-order valence-corrected chi connectivity index (χ1v) is 22.9. The molecule has 0 radical (unpaired) electrons. The second kappa shape index (κ2) is 43.3. The lowest BCUT2D eigenvalue weighted by molar-refractivity contribution is -0.132. The Labute approximate surface area is 330 Å². The van der Waals surface area contributed by atoms with Crippen molar-refractivity contribution >= 4 is 0 Å². The molecule has 7 nitrogen and oxygen atoms in total. The number of ether oxygens (including phenoxy) is 7. The van der Waals surface area contributed by atoms with Crippen LogP contribution in [-0.4, -0.2) is 53.2 Å². The van der Waals surface area contributed by atoms with E-state index < -0.39 is 0 Å². The zero-order valence-electron chi connectivity index (χ0n) is 36.3. The standard InChI is InChI=1S/C46H90O7/c1-7-13-17-21-25-29-35-50-43(33-11-5)45(52-37-31-27-23-19-15-9-3)39-47-41-49-42-48-40-46(53-38-32-28-24-20-16-10-4)44(34-12-6)51-36-30-26-22-18-14-8-2/h7-42H2,1-6H3. The van der Waals surface area contributed by atoms with Crippen molar-refractivity contribution in [1.29, 1.82) is 0 Å². The number of allylic oxidation sites excluding steroid dienone is 2. The third-order valence-corrected chi connectivity index (χ3v) is 9.47. The molecule has 0 aromatic heterocycles. The molecule has 0 aliphatic carbocycles. The van der Waals surface area contributed by atoms with Gasteiger partial charge < -0.3 is 33.2 Å². The van der Waals surface area contributed by atoms with Crippen molar-refractivity contribution in [1.82, 2.24) is 0 Å².